The lowest BCUT2D eigenvalue weighted by molar-refractivity contribution is -0.0427. The lowest BCUT2D eigenvalue weighted by atomic mass is 10.1. The van der Waals surface area contributed by atoms with Gasteiger partial charge in [0.2, 0.25) is 5.95 Å². The summed E-state index contributed by atoms with van der Waals surface area (Å²) in [5.41, 5.74) is 1.83. The van der Waals surface area contributed by atoms with E-state index in [9.17, 15) is 0 Å². The van der Waals surface area contributed by atoms with Crippen molar-refractivity contribution in [1.82, 2.24) is 15.3 Å². The molecule has 3 N–H and O–H groups in total. The van der Waals surface area contributed by atoms with Crippen molar-refractivity contribution in [2.24, 2.45) is 0 Å². The number of benzene rings is 2. The molecule has 8 heteroatoms. The molecular weight excluding hydrogens is 458 g/mol. The number of hydrogen-bond acceptors (Lipinski definition) is 7. The van der Waals surface area contributed by atoms with Crippen LogP contribution < -0.4 is 20.7 Å². The predicted octanol–water partition coefficient (Wildman–Crippen LogP) is 4.87. The number of nitrogens with one attached hydrogen (secondary N) is 3. The third kappa shape index (κ3) is 5.94. The summed E-state index contributed by atoms with van der Waals surface area (Å²) in [5, 5.41) is 9.89. The van der Waals surface area contributed by atoms with E-state index in [1.165, 1.54) is 0 Å². The molecule has 0 radical (unpaired) electrons. The highest BCUT2D eigenvalue weighted by atomic mass is 79.9. The Morgan fingerprint density at radius 1 is 1.13 bits per heavy atom. The number of morpholine rings is 1. The zero-order chi connectivity index (χ0) is 21.5. The van der Waals surface area contributed by atoms with Crippen LogP contribution >= 0.6 is 15.9 Å². The van der Waals surface area contributed by atoms with Crippen LogP contribution in [0, 0.1) is 0 Å². The fourth-order valence-corrected chi connectivity index (χ4v) is 3.63. The number of halogens is 1. The van der Waals surface area contributed by atoms with Gasteiger partial charge < -0.3 is 25.4 Å². The summed E-state index contributed by atoms with van der Waals surface area (Å²) in [6.07, 6.45) is 2.70. The summed E-state index contributed by atoms with van der Waals surface area (Å²) in [5.74, 6) is 2.01. The Balaban J connectivity index is 1.40. The predicted molar refractivity (Wildman–Crippen MR) is 126 cm³/mol. The molecule has 0 amide bonds. The van der Waals surface area contributed by atoms with Crippen molar-refractivity contribution in [2.45, 2.75) is 25.6 Å². The third-order valence-corrected chi connectivity index (χ3v) is 5.53. The molecular formula is C23H26BrN5O2. The van der Waals surface area contributed by atoms with E-state index in [2.05, 4.69) is 48.8 Å². The van der Waals surface area contributed by atoms with E-state index in [1.54, 1.807) is 6.20 Å². The van der Waals surface area contributed by atoms with Crippen LogP contribution in [0.5, 0.6) is 5.75 Å². The zero-order valence-electron chi connectivity index (χ0n) is 17.3. The van der Waals surface area contributed by atoms with Gasteiger partial charge in [0.1, 0.15) is 23.8 Å². The van der Waals surface area contributed by atoms with Gasteiger partial charge in [-0.25, -0.2) is 4.98 Å². The minimum atomic E-state index is 0.0213. The molecule has 1 fully saturated rings. The first-order chi connectivity index (χ1) is 15.2. The van der Waals surface area contributed by atoms with Gasteiger partial charge in [-0.05, 0) is 58.7 Å². The van der Waals surface area contributed by atoms with Crippen LogP contribution in [-0.4, -0.2) is 41.9 Å². The molecule has 0 saturated carbocycles. The minimum Gasteiger partial charge on any atom is -0.488 e. The van der Waals surface area contributed by atoms with E-state index < -0.39 is 0 Å². The zero-order valence-corrected chi connectivity index (χ0v) is 18.9. The Kier molecular flexibility index (Phi) is 7.35. The number of aromatic nitrogens is 2. The monoisotopic (exact) mass is 483 g/mol. The smallest absolute Gasteiger partial charge is 0.229 e. The highest BCUT2D eigenvalue weighted by Gasteiger charge is 2.24. The summed E-state index contributed by atoms with van der Waals surface area (Å²) < 4.78 is 12.8. The van der Waals surface area contributed by atoms with Crippen LogP contribution in [0.25, 0.3) is 0 Å². The van der Waals surface area contributed by atoms with Crippen LogP contribution in [0.3, 0.4) is 0 Å². The first-order valence-corrected chi connectivity index (χ1v) is 11.2. The lowest BCUT2D eigenvalue weighted by Crippen LogP contribution is -2.47. The van der Waals surface area contributed by atoms with Crippen LogP contribution in [0.4, 0.5) is 23.1 Å². The number of nitrogens with zero attached hydrogens (tertiary/aromatic N) is 2. The molecule has 0 bridgehead atoms. The number of ether oxygens (including phenoxy) is 2. The maximum absolute atomic E-state index is 6.17. The largest absolute Gasteiger partial charge is 0.488 e. The molecule has 162 valence electrons. The minimum absolute atomic E-state index is 0.0213. The molecule has 2 heterocycles. The average molecular weight is 484 g/mol. The van der Waals surface area contributed by atoms with Crippen molar-refractivity contribution >= 4 is 39.1 Å². The summed E-state index contributed by atoms with van der Waals surface area (Å²) in [6.45, 7) is 4.55. The van der Waals surface area contributed by atoms with Crippen molar-refractivity contribution in [2.75, 3.05) is 30.3 Å². The average Bonchev–Trinajstić information content (AvgIpc) is 2.82. The molecule has 1 saturated heterocycles. The van der Waals surface area contributed by atoms with Crippen molar-refractivity contribution in [3.63, 3.8) is 0 Å². The third-order valence-electron chi connectivity index (χ3n) is 4.95. The van der Waals surface area contributed by atoms with E-state index in [-0.39, 0.29) is 12.2 Å². The van der Waals surface area contributed by atoms with E-state index in [4.69, 9.17) is 9.47 Å². The highest BCUT2D eigenvalue weighted by Crippen LogP contribution is 2.26. The molecule has 1 aliphatic heterocycles. The van der Waals surface area contributed by atoms with Crippen molar-refractivity contribution in [1.29, 1.82) is 0 Å². The van der Waals surface area contributed by atoms with Crippen LogP contribution in [-0.2, 0) is 4.74 Å². The SMILES string of the molecule is CCC(Oc1ccc(Nc2ncc(Br)c(Nc3ccccc3)n2)cc1)C1CNCCO1. The quantitative estimate of drug-likeness (QED) is 0.421. The van der Waals surface area contributed by atoms with Gasteiger partial charge in [-0.15, -0.1) is 0 Å². The summed E-state index contributed by atoms with van der Waals surface area (Å²) in [4.78, 5) is 8.93. The standard InChI is InChI=1S/C23H26BrN5O2/c1-2-20(21-15-25-12-13-30-21)31-18-10-8-17(9-11-18)28-23-26-14-19(24)22(29-23)27-16-6-4-3-5-7-16/h3-11,14,20-21,25H,2,12-13,15H2,1H3,(H2,26,27,28,29). The van der Waals surface area contributed by atoms with Gasteiger partial charge in [-0.2, -0.15) is 4.98 Å². The molecule has 7 nitrogen and oxygen atoms in total. The van der Waals surface area contributed by atoms with Crippen LogP contribution in [0.15, 0.2) is 65.3 Å². The van der Waals surface area contributed by atoms with E-state index >= 15 is 0 Å². The second-order valence-electron chi connectivity index (χ2n) is 7.21. The number of hydrogen-bond donors (Lipinski definition) is 3. The molecule has 0 aliphatic carbocycles. The van der Waals surface area contributed by atoms with Crippen LogP contribution in [0.1, 0.15) is 13.3 Å². The molecule has 3 aromatic rings. The fraction of sp³-hybridized carbons (Fsp3) is 0.304. The summed E-state index contributed by atoms with van der Waals surface area (Å²) >= 11 is 3.50. The molecule has 1 aliphatic rings. The van der Waals surface area contributed by atoms with Gasteiger partial charge in [0, 0.05) is 30.7 Å². The number of rotatable bonds is 8. The second-order valence-corrected chi connectivity index (χ2v) is 8.06. The first-order valence-electron chi connectivity index (χ1n) is 10.4. The van der Waals surface area contributed by atoms with Crippen LogP contribution in [0.2, 0.25) is 0 Å². The van der Waals surface area contributed by atoms with Crippen molar-refractivity contribution < 1.29 is 9.47 Å². The number of anilines is 4. The summed E-state index contributed by atoms with van der Waals surface area (Å²) in [7, 11) is 0. The Bertz CT molecular complexity index is 965. The van der Waals surface area contributed by atoms with Gasteiger partial charge in [0.05, 0.1) is 11.1 Å². The van der Waals surface area contributed by atoms with Crippen molar-refractivity contribution in [3.8, 4) is 5.75 Å². The van der Waals surface area contributed by atoms with Gasteiger partial charge in [-0.1, -0.05) is 25.1 Å². The molecule has 31 heavy (non-hydrogen) atoms. The molecule has 2 aromatic carbocycles. The van der Waals surface area contributed by atoms with Crippen molar-refractivity contribution in [3.05, 3.63) is 65.3 Å². The van der Waals surface area contributed by atoms with E-state index in [0.717, 1.165) is 47.7 Å². The molecule has 2 atom stereocenters. The fourth-order valence-electron chi connectivity index (χ4n) is 3.34. The number of para-hydroxylation sites is 1. The maximum atomic E-state index is 6.17. The molecule has 1 aromatic heterocycles. The Labute approximate surface area is 190 Å². The van der Waals surface area contributed by atoms with Gasteiger partial charge >= 0.3 is 0 Å². The van der Waals surface area contributed by atoms with E-state index in [0.29, 0.717) is 11.8 Å². The van der Waals surface area contributed by atoms with Gasteiger partial charge in [0.15, 0.2) is 0 Å². The van der Waals surface area contributed by atoms with E-state index in [1.807, 2.05) is 54.6 Å². The molecule has 4 rings (SSSR count). The lowest BCUT2D eigenvalue weighted by Gasteiger charge is -2.30. The Morgan fingerprint density at radius 3 is 2.61 bits per heavy atom. The molecule has 0 spiro atoms. The van der Waals surface area contributed by atoms with Gasteiger partial charge in [-0.3, -0.25) is 0 Å². The topological polar surface area (TPSA) is 80.3 Å². The Morgan fingerprint density at radius 2 is 1.90 bits per heavy atom. The maximum Gasteiger partial charge on any atom is 0.229 e. The van der Waals surface area contributed by atoms with Gasteiger partial charge in [0.25, 0.3) is 0 Å². The second kappa shape index (κ2) is 10.6. The normalized spacial score (nSPS) is 17.0. The summed E-state index contributed by atoms with van der Waals surface area (Å²) in [6, 6.07) is 17.7. The first kappa shape index (κ1) is 21.5. The Hall–Kier alpha value is -2.68. The molecule has 2 unspecified atom stereocenters. The highest BCUT2D eigenvalue weighted by molar-refractivity contribution is 9.10.